The lowest BCUT2D eigenvalue weighted by Crippen LogP contribution is -2.49. The van der Waals surface area contributed by atoms with E-state index >= 15 is 0 Å². The molecule has 10 nitrogen and oxygen atoms in total. The quantitative estimate of drug-likeness (QED) is 0.322. The zero-order chi connectivity index (χ0) is 17.0. The molecule has 5 atom stereocenters. The summed E-state index contributed by atoms with van der Waals surface area (Å²) in [6.07, 6.45) is -1.49. The first kappa shape index (κ1) is 16.9. The summed E-state index contributed by atoms with van der Waals surface area (Å²) in [7, 11) is 2.63. The van der Waals surface area contributed by atoms with Gasteiger partial charge in [0.25, 0.3) is 0 Å². The van der Waals surface area contributed by atoms with E-state index in [2.05, 4.69) is 14.8 Å². The largest absolute Gasteiger partial charge is 0.508 e. The van der Waals surface area contributed by atoms with Crippen LogP contribution >= 0.6 is 0 Å². The number of methoxy groups -OCH3 is 2. The lowest BCUT2D eigenvalue weighted by Gasteiger charge is -2.37. The molecule has 23 heavy (non-hydrogen) atoms. The molecule has 1 unspecified atom stereocenters. The fourth-order valence-electron chi connectivity index (χ4n) is 2.58. The summed E-state index contributed by atoms with van der Waals surface area (Å²) in [6.45, 7) is 1.78. The minimum absolute atomic E-state index is 0.00732. The maximum absolute atomic E-state index is 11.8. The van der Waals surface area contributed by atoms with Crippen LogP contribution in [0.4, 0.5) is 4.79 Å². The molecule has 1 saturated heterocycles. The second-order valence-electron chi connectivity index (χ2n) is 5.08. The minimum Gasteiger partial charge on any atom is -0.480 e. The van der Waals surface area contributed by atoms with Crippen LogP contribution in [0.25, 0.3) is 10.4 Å². The third-order valence-electron chi connectivity index (χ3n) is 3.79. The van der Waals surface area contributed by atoms with E-state index in [1.165, 1.54) is 20.3 Å². The summed E-state index contributed by atoms with van der Waals surface area (Å²) in [4.78, 5) is 25.7. The van der Waals surface area contributed by atoms with Crippen LogP contribution in [-0.4, -0.2) is 57.3 Å². The lowest BCUT2D eigenvalue weighted by molar-refractivity contribution is -0.149. The van der Waals surface area contributed by atoms with Crippen LogP contribution in [0.1, 0.15) is 6.92 Å². The Labute approximate surface area is 131 Å². The topological polar surface area (TPSA) is 129 Å². The molecule has 0 aromatic carbocycles. The number of azide groups is 1. The van der Waals surface area contributed by atoms with E-state index in [1.807, 2.05) is 0 Å². The molecule has 2 aliphatic heterocycles. The maximum atomic E-state index is 11.8. The summed E-state index contributed by atoms with van der Waals surface area (Å²) < 4.78 is 25.5. The third kappa shape index (κ3) is 3.49. The Hall–Kier alpha value is -2.45. The van der Waals surface area contributed by atoms with E-state index in [9.17, 15) is 9.59 Å². The number of ether oxygens (including phenoxy) is 5. The number of carbonyl (C=O) groups excluding carboxylic acids is 2. The van der Waals surface area contributed by atoms with E-state index in [1.54, 1.807) is 6.92 Å². The Morgan fingerprint density at radius 2 is 2.22 bits per heavy atom. The Kier molecular flexibility index (Phi) is 5.30. The molecule has 0 radical (unpaired) electrons. The first-order valence-electron chi connectivity index (χ1n) is 6.89. The minimum atomic E-state index is -0.796. The van der Waals surface area contributed by atoms with Crippen molar-refractivity contribution in [2.24, 2.45) is 11.0 Å². The highest BCUT2D eigenvalue weighted by Gasteiger charge is 2.45. The molecule has 0 aromatic rings. The molecule has 2 aliphatic rings. The Morgan fingerprint density at radius 1 is 1.48 bits per heavy atom. The summed E-state index contributed by atoms with van der Waals surface area (Å²) in [5.74, 6) is -1.11. The number of nitrogens with zero attached hydrogens (tertiary/aromatic N) is 3. The average molecular weight is 327 g/mol. The average Bonchev–Trinajstić information content (AvgIpc) is 2.97. The molecule has 0 aromatic heterocycles. The molecule has 0 bridgehead atoms. The fraction of sp³-hybridized carbons (Fsp3) is 0.692. The second kappa shape index (κ2) is 7.21. The van der Waals surface area contributed by atoms with Crippen LogP contribution in [0.3, 0.4) is 0 Å². The van der Waals surface area contributed by atoms with Gasteiger partial charge in [0, 0.05) is 17.9 Å². The molecule has 0 N–H and O–H groups in total. The number of esters is 1. The molecule has 126 valence electrons. The number of carbonyl (C=O) groups is 2. The molecule has 0 amide bonds. The van der Waals surface area contributed by atoms with Gasteiger partial charge >= 0.3 is 12.1 Å². The Bertz CT molecular complexity index is 558. The molecule has 0 spiro atoms. The molecule has 10 heteroatoms. The highest BCUT2D eigenvalue weighted by Crippen LogP contribution is 2.32. The molecule has 1 fully saturated rings. The van der Waals surface area contributed by atoms with Crippen molar-refractivity contribution in [3.8, 4) is 0 Å². The summed E-state index contributed by atoms with van der Waals surface area (Å²) >= 11 is 0. The summed E-state index contributed by atoms with van der Waals surface area (Å²) in [5.41, 5.74) is 8.70. The van der Waals surface area contributed by atoms with E-state index in [0.29, 0.717) is 0 Å². The normalized spacial score (nSPS) is 30.9. The number of rotatable bonds is 5. The summed E-state index contributed by atoms with van der Waals surface area (Å²) in [6, 6.07) is -0.636. The first-order valence-corrected chi connectivity index (χ1v) is 6.89. The van der Waals surface area contributed by atoms with Gasteiger partial charge in [-0.25, -0.2) is 9.59 Å². The Balaban J connectivity index is 2.28. The van der Waals surface area contributed by atoms with Gasteiger partial charge in [0.1, 0.15) is 18.8 Å². The van der Waals surface area contributed by atoms with Gasteiger partial charge in [-0.3, -0.25) is 0 Å². The molecule has 2 heterocycles. The smallest absolute Gasteiger partial charge is 0.480 e. The van der Waals surface area contributed by atoms with E-state index < -0.39 is 36.5 Å². The molecular weight excluding hydrogens is 310 g/mol. The SMILES string of the molecule is COC(=O)C1=CC(N=[N+]=[N-])[C@@H](C)[C@H]([C@H](OC)[C@H]2COC(=O)O2)O1. The van der Waals surface area contributed by atoms with E-state index in [0.717, 1.165) is 0 Å². The van der Waals surface area contributed by atoms with Gasteiger partial charge in [0.2, 0.25) is 5.76 Å². The molecular formula is C13H17N3O7. The first-order chi connectivity index (χ1) is 11.0. The predicted molar refractivity (Wildman–Crippen MR) is 74.1 cm³/mol. The molecule has 2 rings (SSSR count). The molecule has 0 saturated carbocycles. The van der Waals surface area contributed by atoms with Crippen molar-refractivity contribution >= 4 is 12.1 Å². The van der Waals surface area contributed by atoms with Crippen molar-refractivity contribution in [2.45, 2.75) is 31.3 Å². The predicted octanol–water partition coefficient (Wildman–Crippen LogP) is 1.31. The van der Waals surface area contributed by atoms with Gasteiger partial charge in [0.05, 0.1) is 13.2 Å². The number of hydrogen-bond donors (Lipinski definition) is 0. The second-order valence-corrected chi connectivity index (χ2v) is 5.08. The van der Waals surface area contributed by atoms with Gasteiger partial charge in [-0.1, -0.05) is 12.0 Å². The van der Waals surface area contributed by atoms with E-state index in [4.69, 9.17) is 24.5 Å². The zero-order valence-electron chi connectivity index (χ0n) is 12.9. The van der Waals surface area contributed by atoms with Gasteiger partial charge in [-0.2, -0.15) is 0 Å². The number of cyclic esters (lactones) is 2. The zero-order valence-corrected chi connectivity index (χ0v) is 12.9. The van der Waals surface area contributed by atoms with Gasteiger partial charge in [0.15, 0.2) is 6.10 Å². The van der Waals surface area contributed by atoms with Gasteiger partial charge in [-0.05, 0) is 11.6 Å². The highest BCUT2D eigenvalue weighted by molar-refractivity contribution is 5.86. The van der Waals surface area contributed by atoms with Gasteiger partial charge in [-0.15, -0.1) is 0 Å². The Morgan fingerprint density at radius 3 is 2.74 bits per heavy atom. The van der Waals surface area contributed by atoms with E-state index in [-0.39, 0.29) is 18.3 Å². The van der Waals surface area contributed by atoms with Crippen molar-refractivity contribution in [1.29, 1.82) is 0 Å². The number of hydrogen-bond acceptors (Lipinski definition) is 8. The van der Waals surface area contributed by atoms with Crippen LogP contribution in [0.5, 0.6) is 0 Å². The summed E-state index contributed by atoms with van der Waals surface area (Å²) in [5, 5.41) is 3.66. The fourth-order valence-corrected chi connectivity index (χ4v) is 2.58. The van der Waals surface area contributed by atoms with Crippen molar-refractivity contribution in [2.75, 3.05) is 20.8 Å². The monoisotopic (exact) mass is 327 g/mol. The molecule has 0 aliphatic carbocycles. The van der Waals surface area contributed by atoms with Crippen LogP contribution in [0.15, 0.2) is 16.9 Å². The van der Waals surface area contributed by atoms with Crippen molar-refractivity contribution < 1.29 is 33.3 Å². The maximum Gasteiger partial charge on any atom is 0.508 e. The van der Waals surface area contributed by atoms with Crippen molar-refractivity contribution in [1.82, 2.24) is 0 Å². The van der Waals surface area contributed by atoms with Crippen molar-refractivity contribution in [3.05, 3.63) is 22.3 Å². The van der Waals surface area contributed by atoms with Crippen molar-refractivity contribution in [3.63, 3.8) is 0 Å². The standard InChI is InChI=1S/C13H17N3O7/c1-6-7(15-16-14)4-8(12(17)20-3)22-10(6)11(19-2)9-5-21-13(18)23-9/h4,6-7,9-11H,5H2,1-3H3/t6-,7?,9-,10-,11-/m1/s1. The van der Waals surface area contributed by atoms with Crippen LogP contribution < -0.4 is 0 Å². The van der Waals surface area contributed by atoms with Crippen LogP contribution in [-0.2, 0) is 28.5 Å². The third-order valence-corrected chi connectivity index (χ3v) is 3.79. The van der Waals surface area contributed by atoms with Gasteiger partial charge < -0.3 is 23.7 Å². The van der Waals surface area contributed by atoms with Crippen LogP contribution in [0, 0.1) is 5.92 Å². The van der Waals surface area contributed by atoms with Crippen LogP contribution in [0.2, 0.25) is 0 Å². The lowest BCUT2D eigenvalue weighted by atomic mass is 9.88. The highest BCUT2D eigenvalue weighted by atomic mass is 16.8.